The maximum atomic E-state index is 5.52. The molecule has 22 heavy (non-hydrogen) atoms. The molecule has 0 saturated heterocycles. The van der Waals surface area contributed by atoms with E-state index in [1.807, 2.05) is 0 Å². The average molecular weight is 293 g/mol. The Hall–Kier alpha value is -1.96. The van der Waals surface area contributed by atoms with Gasteiger partial charge in [0.2, 0.25) is 0 Å². The number of hydrogen-bond acceptors (Lipinski definition) is 2. The molecular weight excluding hydrogens is 270 g/mol. The van der Waals surface area contributed by atoms with Crippen molar-refractivity contribution in [1.82, 2.24) is 0 Å². The Morgan fingerprint density at radius 2 is 1.73 bits per heavy atom. The molecular formula is C20H23NO. The van der Waals surface area contributed by atoms with Gasteiger partial charge >= 0.3 is 0 Å². The van der Waals surface area contributed by atoms with Gasteiger partial charge in [-0.3, -0.25) is 0 Å². The summed E-state index contributed by atoms with van der Waals surface area (Å²) in [6, 6.07) is 13.2. The molecule has 0 amide bonds. The molecule has 0 bridgehead atoms. The molecule has 2 aliphatic rings. The summed E-state index contributed by atoms with van der Waals surface area (Å²) in [6.07, 6.45) is 0. The summed E-state index contributed by atoms with van der Waals surface area (Å²) in [5, 5.41) is 3.85. The third kappa shape index (κ3) is 1.45. The van der Waals surface area contributed by atoms with Gasteiger partial charge < -0.3 is 10.1 Å². The van der Waals surface area contributed by atoms with E-state index in [2.05, 4.69) is 69.4 Å². The molecule has 0 fully saturated rings. The van der Waals surface area contributed by atoms with Crippen molar-refractivity contribution in [3.05, 3.63) is 58.7 Å². The van der Waals surface area contributed by atoms with Gasteiger partial charge in [0.25, 0.3) is 0 Å². The first-order valence-corrected chi connectivity index (χ1v) is 7.96. The fourth-order valence-electron chi connectivity index (χ4n) is 4.93. The van der Waals surface area contributed by atoms with Crippen molar-refractivity contribution in [2.75, 3.05) is 12.4 Å². The number of anilines is 1. The van der Waals surface area contributed by atoms with Crippen LogP contribution in [0.25, 0.3) is 0 Å². The van der Waals surface area contributed by atoms with Crippen LogP contribution in [0, 0.1) is 6.92 Å². The lowest BCUT2D eigenvalue weighted by molar-refractivity contribution is 0.355. The molecule has 2 aromatic carbocycles. The second-order valence-corrected chi connectivity index (χ2v) is 7.44. The van der Waals surface area contributed by atoms with E-state index in [9.17, 15) is 0 Å². The maximum absolute atomic E-state index is 5.52. The van der Waals surface area contributed by atoms with Crippen LogP contribution < -0.4 is 10.1 Å². The summed E-state index contributed by atoms with van der Waals surface area (Å²) in [6.45, 7) is 9.25. The fourth-order valence-corrected chi connectivity index (χ4v) is 4.93. The molecule has 2 heteroatoms. The number of aryl methyl sites for hydroxylation is 1. The Bertz CT molecular complexity index is 777. The van der Waals surface area contributed by atoms with Crippen molar-refractivity contribution in [3.8, 4) is 5.75 Å². The Labute approximate surface area is 132 Å². The van der Waals surface area contributed by atoms with Gasteiger partial charge in [0.05, 0.1) is 12.6 Å². The summed E-state index contributed by atoms with van der Waals surface area (Å²) in [7, 11) is 1.75. The van der Waals surface area contributed by atoms with Crippen LogP contribution in [0.1, 0.15) is 48.9 Å². The zero-order chi connectivity index (χ0) is 15.7. The lowest BCUT2D eigenvalue weighted by Gasteiger charge is -2.33. The highest BCUT2D eigenvalue weighted by Gasteiger charge is 2.58. The van der Waals surface area contributed by atoms with E-state index in [4.69, 9.17) is 4.74 Å². The molecule has 114 valence electrons. The highest BCUT2D eigenvalue weighted by Crippen LogP contribution is 2.64. The van der Waals surface area contributed by atoms with Gasteiger partial charge in [-0.2, -0.15) is 0 Å². The number of benzene rings is 2. The lowest BCUT2D eigenvalue weighted by atomic mass is 9.71. The van der Waals surface area contributed by atoms with E-state index in [1.165, 1.54) is 27.9 Å². The van der Waals surface area contributed by atoms with E-state index < -0.39 is 0 Å². The summed E-state index contributed by atoms with van der Waals surface area (Å²) >= 11 is 0. The van der Waals surface area contributed by atoms with Crippen LogP contribution >= 0.6 is 0 Å². The molecule has 0 aromatic heterocycles. The predicted octanol–water partition coefficient (Wildman–Crippen LogP) is 4.72. The smallest absolute Gasteiger partial charge is 0.119 e. The molecule has 0 radical (unpaired) electrons. The molecule has 2 nitrogen and oxygen atoms in total. The standard InChI is InChI=1S/C20H23NO/c1-12-10-13(22-5)11-14-17(12)21-20(4)16-9-7-6-8-15(16)19(2,3)18(14)20/h6-11,18,21H,1-5H3/t18-,20+/m1/s1. The Balaban J connectivity index is 2.00. The summed E-state index contributed by atoms with van der Waals surface area (Å²) < 4.78 is 5.52. The molecule has 0 saturated carbocycles. The Morgan fingerprint density at radius 1 is 1.05 bits per heavy atom. The highest BCUT2D eigenvalue weighted by atomic mass is 16.5. The van der Waals surface area contributed by atoms with Gasteiger partial charge in [-0.25, -0.2) is 0 Å². The van der Waals surface area contributed by atoms with Gasteiger partial charge in [0.15, 0.2) is 0 Å². The third-order valence-corrected chi connectivity index (χ3v) is 5.75. The maximum Gasteiger partial charge on any atom is 0.119 e. The van der Waals surface area contributed by atoms with Crippen LogP contribution in [0.2, 0.25) is 0 Å². The number of methoxy groups -OCH3 is 1. The van der Waals surface area contributed by atoms with E-state index >= 15 is 0 Å². The largest absolute Gasteiger partial charge is 0.497 e. The van der Waals surface area contributed by atoms with Gasteiger partial charge in [-0.05, 0) is 53.6 Å². The molecule has 0 spiro atoms. The van der Waals surface area contributed by atoms with Crippen LogP contribution in [0.4, 0.5) is 5.69 Å². The fraction of sp³-hybridized carbons (Fsp3) is 0.400. The van der Waals surface area contributed by atoms with Crippen LogP contribution in [0.15, 0.2) is 36.4 Å². The molecule has 1 N–H and O–H groups in total. The van der Waals surface area contributed by atoms with E-state index in [0.29, 0.717) is 5.92 Å². The van der Waals surface area contributed by atoms with Crippen LogP contribution in [-0.2, 0) is 11.0 Å². The first-order valence-electron chi connectivity index (χ1n) is 7.96. The average Bonchev–Trinajstić information content (AvgIpc) is 2.89. The lowest BCUT2D eigenvalue weighted by Crippen LogP contribution is -2.34. The minimum atomic E-state index is -0.0421. The van der Waals surface area contributed by atoms with Crippen molar-refractivity contribution in [2.45, 2.75) is 44.6 Å². The zero-order valence-corrected chi connectivity index (χ0v) is 13.9. The molecule has 1 aliphatic heterocycles. The number of rotatable bonds is 1. The molecule has 4 rings (SSSR count). The number of nitrogens with one attached hydrogen (secondary N) is 1. The number of hydrogen-bond donors (Lipinski definition) is 1. The predicted molar refractivity (Wildman–Crippen MR) is 90.9 cm³/mol. The van der Waals surface area contributed by atoms with Crippen LogP contribution in [-0.4, -0.2) is 7.11 Å². The van der Waals surface area contributed by atoms with E-state index in [-0.39, 0.29) is 11.0 Å². The zero-order valence-electron chi connectivity index (χ0n) is 13.9. The van der Waals surface area contributed by atoms with E-state index in [0.717, 1.165) is 5.75 Å². The quantitative estimate of drug-likeness (QED) is 0.821. The van der Waals surface area contributed by atoms with Crippen molar-refractivity contribution >= 4 is 5.69 Å². The first-order chi connectivity index (χ1) is 10.4. The normalized spacial score (nSPS) is 26.9. The van der Waals surface area contributed by atoms with Gasteiger partial charge in [-0.15, -0.1) is 0 Å². The number of ether oxygens (including phenoxy) is 1. The second kappa shape index (κ2) is 4.07. The first kappa shape index (κ1) is 13.7. The van der Waals surface area contributed by atoms with E-state index in [1.54, 1.807) is 7.11 Å². The summed E-state index contributed by atoms with van der Waals surface area (Å²) in [4.78, 5) is 0. The SMILES string of the molecule is COc1cc(C)c2c(c1)[C@@H]1C(C)(C)c3ccccc3[C@]1(C)N2. The molecule has 2 aromatic rings. The van der Waals surface area contributed by atoms with Crippen molar-refractivity contribution < 1.29 is 4.74 Å². The van der Waals surface area contributed by atoms with Gasteiger partial charge in [-0.1, -0.05) is 38.1 Å². The Morgan fingerprint density at radius 3 is 2.41 bits per heavy atom. The summed E-state index contributed by atoms with van der Waals surface area (Å²) in [5.41, 5.74) is 6.89. The third-order valence-electron chi connectivity index (χ3n) is 5.75. The van der Waals surface area contributed by atoms with Gasteiger partial charge in [0.1, 0.15) is 5.75 Å². The minimum absolute atomic E-state index is 0.0421. The summed E-state index contributed by atoms with van der Waals surface area (Å²) in [5.74, 6) is 1.37. The second-order valence-electron chi connectivity index (χ2n) is 7.44. The molecule has 2 atom stereocenters. The molecule has 1 heterocycles. The van der Waals surface area contributed by atoms with Crippen LogP contribution in [0.3, 0.4) is 0 Å². The van der Waals surface area contributed by atoms with Crippen molar-refractivity contribution in [3.63, 3.8) is 0 Å². The number of fused-ring (bicyclic) bond motifs is 5. The molecule has 0 unspecified atom stereocenters. The van der Waals surface area contributed by atoms with Gasteiger partial charge in [0, 0.05) is 11.6 Å². The van der Waals surface area contributed by atoms with Crippen molar-refractivity contribution in [2.24, 2.45) is 0 Å². The Kier molecular flexibility index (Phi) is 2.53. The minimum Gasteiger partial charge on any atom is -0.497 e. The van der Waals surface area contributed by atoms with Crippen LogP contribution in [0.5, 0.6) is 5.75 Å². The molecule has 1 aliphatic carbocycles. The topological polar surface area (TPSA) is 21.3 Å². The highest BCUT2D eigenvalue weighted by molar-refractivity contribution is 5.73. The monoisotopic (exact) mass is 293 g/mol. The van der Waals surface area contributed by atoms with Crippen molar-refractivity contribution in [1.29, 1.82) is 0 Å².